The highest BCUT2D eigenvalue weighted by Crippen LogP contribution is 2.44. The van der Waals surface area contributed by atoms with Crippen molar-refractivity contribution < 1.29 is 4.79 Å². The Hall–Kier alpha value is -0.630. The number of fused-ring (bicyclic) bond motifs is 2. The first-order valence-corrected chi connectivity index (χ1v) is 7.26. The number of carbonyl (C=O) groups excluding carboxylic acids is 1. The topological polar surface area (TPSA) is 20.3 Å². The van der Waals surface area contributed by atoms with Crippen molar-refractivity contribution in [1.29, 1.82) is 0 Å². The Morgan fingerprint density at radius 1 is 1.12 bits per heavy atom. The summed E-state index contributed by atoms with van der Waals surface area (Å²) < 4.78 is 0. The minimum absolute atomic E-state index is 0.370. The van der Waals surface area contributed by atoms with E-state index in [0.29, 0.717) is 17.6 Å². The highest BCUT2D eigenvalue weighted by Gasteiger charge is 2.39. The SMILES string of the molecule is O=C(CCN1CCCCC1)[C@H]1C[C@@H]2C=C[C@H]1C2. The van der Waals surface area contributed by atoms with Gasteiger partial charge in [0.15, 0.2) is 0 Å². The highest BCUT2D eigenvalue weighted by atomic mass is 16.1. The van der Waals surface area contributed by atoms with Crippen molar-refractivity contribution in [2.45, 2.75) is 38.5 Å². The van der Waals surface area contributed by atoms with Gasteiger partial charge in [-0.1, -0.05) is 18.6 Å². The van der Waals surface area contributed by atoms with E-state index in [1.54, 1.807) is 0 Å². The van der Waals surface area contributed by atoms with E-state index in [-0.39, 0.29) is 0 Å². The van der Waals surface area contributed by atoms with E-state index in [9.17, 15) is 4.79 Å². The first-order chi connectivity index (χ1) is 8.33. The van der Waals surface area contributed by atoms with Crippen molar-refractivity contribution in [1.82, 2.24) is 4.90 Å². The van der Waals surface area contributed by atoms with Gasteiger partial charge in [-0.15, -0.1) is 0 Å². The Morgan fingerprint density at radius 3 is 2.59 bits per heavy atom. The second-order valence-electron chi connectivity index (χ2n) is 6.01. The fourth-order valence-corrected chi connectivity index (χ4v) is 3.79. The van der Waals surface area contributed by atoms with Gasteiger partial charge in [-0.2, -0.15) is 0 Å². The van der Waals surface area contributed by atoms with Gasteiger partial charge in [0.1, 0.15) is 5.78 Å². The van der Waals surface area contributed by atoms with Gasteiger partial charge in [-0.3, -0.25) is 4.79 Å². The number of carbonyl (C=O) groups is 1. The fourth-order valence-electron chi connectivity index (χ4n) is 3.79. The monoisotopic (exact) mass is 233 g/mol. The molecule has 1 aliphatic heterocycles. The first kappa shape index (κ1) is 11.5. The summed E-state index contributed by atoms with van der Waals surface area (Å²) in [5.41, 5.74) is 0. The predicted octanol–water partition coefficient (Wildman–Crippen LogP) is 2.64. The summed E-state index contributed by atoms with van der Waals surface area (Å²) in [5.74, 6) is 2.22. The summed E-state index contributed by atoms with van der Waals surface area (Å²) in [6.07, 6.45) is 11.8. The minimum atomic E-state index is 0.370. The Labute approximate surface area is 104 Å². The third kappa shape index (κ3) is 2.47. The lowest BCUT2D eigenvalue weighted by atomic mass is 9.88. The van der Waals surface area contributed by atoms with Gasteiger partial charge in [0, 0.05) is 18.9 Å². The Kier molecular flexibility index (Phi) is 3.32. The number of ketones is 1. The zero-order valence-electron chi connectivity index (χ0n) is 10.6. The van der Waals surface area contributed by atoms with Crippen LogP contribution in [0.2, 0.25) is 0 Å². The molecular formula is C15H23NO. The molecule has 0 radical (unpaired) electrons. The molecule has 3 aliphatic rings. The summed E-state index contributed by atoms with van der Waals surface area (Å²) in [6.45, 7) is 3.43. The van der Waals surface area contributed by atoms with Crippen LogP contribution in [0, 0.1) is 17.8 Å². The van der Waals surface area contributed by atoms with Crippen LogP contribution in [0.1, 0.15) is 38.5 Å². The summed E-state index contributed by atoms with van der Waals surface area (Å²) in [7, 11) is 0. The molecule has 0 aromatic heterocycles. The van der Waals surface area contributed by atoms with E-state index < -0.39 is 0 Å². The quantitative estimate of drug-likeness (QED) is 0.696. The molecule has 3 rings (SSSR count). The second-order valence-corrected chi connectivity index (χ2v) is 6.01. The molecule has 1 saturated carbocycles. The summed E-state index contributed by atoms with van der Waals surface area (Å²) in [6, 6.07) is 0. The number of rotatable bonds is 4. The van der Waals surface area contributed by atoms with E-state index in [0.717, 1.165) is 25.3 Å². The zero-order chi connectivity index (χ0) is 11.7. The molecule has 1 heterocycles. The smallest absolute Gasteiger partial charge is 0.137 e. The molecule has 2 nitrogen and oxygen atoms in total. The lowest BCUT2D eigenvalue weighted by Crippen LogP contribution is -2.33. The summed E-state index contributed by atoms with van der Waals surface area (Å²) in [5, 5.41) is 0. The molecule has 2 aliphatic carbocycles. The fraction of sp³-hybridized carbons (Fsp3) is 0.800. The number of Topliss-reactive ketones (excluding diaryl/α,β-unsaturated/α-hetero) is 1. The first-order valence-electron chi connectivity index (χ1n) is 7.26. The standard InChI is InChI=1S/C15H23NO/c17-15(6-9-16-7-2-1-3-8-16)14-11-12-4-5-13(14)10-12/h4-5,12-14H,1-3,6-11H2/t12-,13+,14+/m1/s1. The average Bonchev–Trinajstić information content (AvgIpc) is 2.99. The van der Waals surface area contributed by atoms with E-state index in [1.807, 2.05) is 0 Å². The number of hydrogen-bond acceptors (Lipinski definition) is 2. The van der Waals surface area contributed by atoms with Gasteiger partial charge in [-0.25, -0.2) is 0 Å². The maximum absolute atomic E-state index is 12.2. The van der Waals surface area contributed by atoms with Crippen LogP contribution in [0.4, 0.5) is 0 Å². The maximum Gasteiger partial charge on any atom is 0.137 e. The molecule has 0 N–H and O–H groups in total. The lowest BCUT2D eigenvalue weighted by molar-refractivity contribution is -0.123. The maximum atomic E-state index is 12.2. The number of allylic oxidation sites excluding steroid dienone is 2. The summed E-state index contributed by atoms with van der Waals surface area (Å²) >= 11 is 0. The van der Waals surface area contributed by atoms with E-state index in [1.165, 1.54) is 38.8 Å². The normalized spacial score (nSPS) is 36.6. The Morgan fingerprint density at radius 2 is 1.94 bits per heavy atom. The molecular weight excluding hydrogens is 210 g/mol. The third-order valence-corrected chi connectivity index (χ3v) is 4.82. The van der Waals surface area contributed by atoms with Crippen LogP contribution in [0.3, 0.4) is 0 Å². The van der Waals surface area contributed by atoms with Crippen molar-refractivity contribution in [3.05, 3.63) is 12.2 Å². The average molecular weight is 233 g/mol. The number of likely N-dealkylation sites (tertiary alicyclic amines) is 1. The third-order valence-electron chi connectivity index (χ3n) is 4.82. The Bertz CT molecular complexity index is 317. The number of nitrogens with zero attached hydrogens (tertiary/aromatic N) is 1. The van der Waals surface area contributed by atoms with E-state index in [2.05, 4.69) is 17.1 Å². The molecule has 17 heavy (non-hydrogen) atoms. The molecule has 2 fully saturated rings. The van der Waals surface area contributed by atoms with Crippen molar-refractivity contribution in [3.63, 3.8) is 0 Å². The van der Waals surface area contributed by atoms with Crippen LogP contribution in [0.15, 0.2) is 12.2 Å². The number of hydrogen-bond donors (Lipinski definition) is 0. The lowest BCUT2D eigenvalue weighted by Gasteiger charge is -2.27. The minimum Gasteiger partial charge on any atom is -0.303 e. The van der Waals surface area contributed by atoms with E-state index >= 15 is 0 Å². The van der Waals surface area contributed by atoms with Crippen LogP contribution in [0.5, 0.6) is 0 Å². The molecule has 94 valence electrons. The van der Waals surface area contributed by atoms with Crippen LogP contribution in [-0.2, 0) is 4.79 Å². The molecule has 1 saturated heterocycles. The van der Waals surface area contributed by atoms with Crippen LogP contribution >= 0.6 is 0 Å². The molecule has 0 unspecified atom stereocenters. The molecule has 0 amide bonds. The van der Waals surface area contributed by atoms with Gasteiger partial charge in [-0.05, 0) is 50.6 Å². The van der Waals surface area contributed by atoms with Gasteiger partial charge in [0.2, 0.25) is 0 Å². The molecule has 0 aromatic rings. The Balaban J connectivity index is 1.45. The highest BCUT2D eigenvalue weighted by molar-refractivity contribution is 5.82. The molecule has 3 atom stereocenters. The van der Waals surface area contributed by atoms with Gasteiger partial charge < -0.3 is 4.90 Å². The molecule has 2 bridgehead atoms. The molecule has 0 spiro atoms. The van der Waals surface area contributed by atoms with Crippen molar-refractivity contribution in [3.8, 4) is 0 Å². The second kappa shape index (κ2) is 4.93. The molecule has 0 aromatic carbocycles. The van der Waals surface area contributed by atoms with Crippen LogP contribution in [0.25, 0.3) is 0 Å². The van der Waals surface area contributed by atoms with Crippen molar-refractivity contribution >= 4 is 5.78 Å². The zero-order valence-corrected chi connectivity index (χ0v) is 10.6. The number of piperidine rings is 1. The largest absolute Gasteiger partial charge is 0.303 e. The van der Waals surface area contributed by atoms with Gasteiger partial charge in [0.25, 0.3) is 0 Å². The van der Waals surface area contributed by atoms with Crippen LogP contribution in [-0.4, -0.2) is 30.3 Å². The van der Waals surface area contributed by atoms with Crippen LogP contribution < -0.4 is 0 Å². The van der Waals surface area contributed by atoms with Gasteiger partial charge >= 0.3 is 0 Å². The van der Waals surface area contributed by atoms with E-state index in [4.69, 9.17) is 0 Å². The summed E-state index contributed by atoms with van der Waals surface area (Å²) in [4.78, 5) is 14.7. The predicted molar refractivity (Wildman–Crippen MR) is 68.8 cm³/mol. The van der Waals surface area contributed by atoms with Crippen molar-refractivity contribution in [2.75, 3.05) is 19.6 Å². The van der Waals surface area contributed by atoms with Gasteiger partial charge in [0.05, 0.1) is 0 Å². The van der Waals surface area contributed by atoms with Crippen molar-refractivity contribution in [2.24, 2.45) is 17.8 Å². The molecule has 2 heteroatoms.